The largest absolute Gasteiger partial charge is 0.478 e. The first-order valence-electron chi connectivity index (χ1n) is 18.5. The number of carbonyl (C=O) groups excluding carboxylic acids is 3. The van der Waals surface area contributed by atoms with E-state index in [1.807, 2.05) is 36.4 Å². The first-order chi connectivity index (χ1) is 25.3. The van der Waals surface area contributed by atoms with Gasteiger partial charge in [-0.1, -0.05) is 74.9 Å². The van der Waals surface area contributed by atoms with Gasteiger partial charge in [-0.2, -0.15) is 0 Å². The van der Waals surface area contributed by atoms with Crippen LogP contribution in [0.2, 0.25) is 0 Å². The summed E-state index contributed by atoms with van der Waals surface area (Å²) in [7, 11) is 0. The standard InChI is InChI=1S/C38H55N9O5/c39-38(40)43-20-10-3-8-16-34(49)45-31(23-28-14-6-2-7-15-28)36(50)47-32(24-29-25-41-26-44-29)37(51)46-30(22-27-12-4-1-5-13-27)33(48)18-21-52-35-17-9-11-19-42-35/h2,6-7,9,11,14-15,17,19,25-27,30-33,48H,1,3-5,8,10,12-13,16,18,20-24H2,(H,41,44)(H,45,49)(H,46,51)(H,47,50)(H4,39,40,43)/t30-,31-,32-,33-/m0/s1. The van der Waals surface area contributed by atoms with Crippen LogP contribution in [-0.4, -0.2) is 81.1 Å². The van der Waals surface area contributed by atoms with E-state index in [4.69, 9.17) is 16.2 Å². The number of aliphatic imine (C=N–C) groups is 1. The molecule has 0 aliphatic heterocycles. The highest BCUT2D eigenvalue weighted by Crippen LogP contribution is 2.28. The molecule has 9 N–H and O–H groups in total. The van der Waals surface area contributed by atoms with Crippen LogP contribution in [-0.2, 0) is 27.2 Å². The highest BCUT2D eigenvalue weighted by atomic mass is 16.5. The third kappa shape index (κ3) is 14.7. The summed E-state index contributed by atoms with van der Waals surface area (Å²) in [6.07, 6.45) is 12.9. The number of nitrogens with one attached hydrogen (secondary N) is 4. The van der Waals surface area contributed by atoms with Crippen molar-refractivity contribution < 1.29 is 24.2 Å². The Morgan fingerprint density at radius 3 is 2.38 bits per heavy atom. The molecule has 1 saturated carbocycles. The fourth-order valence-electron chi connectivity index (χ4n) is 6.50. The number of unbranched alkanes of at least 4 members (excludes halogenated alkanes) is 2. The van der Waals surface area contributed by atoms with Gasteiger partial charge in [0.15, 0.2) is 5.96 Å². The number of rotatable bonds is 22. The fourth-order valence-corrected chi connectivity index (χ4v) is 6.50. The van der Waals surface area contributed by atoms with Crippen LogP contribution in [0.25, 0.3) is 0 Å². The van der Waals surface area contributed by atoms with Crippen LogP contribution in [0, 0.1) is 5.92 Å². The molecule has 3 amide bonds. The number of aliphatic hydroxyl groups is 1. The number of benzene rings is 1. The van der Waals surface area contributed by atoms with Crippen molar-refractivity contribution in [2.75, 3.05) is 13.2 Å². The molecule has 2 heterocycles. The molecule has 0 unspecified atom stereocenters. The van der Waals surface area contributed by atoms with E-state index in [2.05, 4.69) is 35.9 Å². The number of hydrogen-bond acceptors (Lipinski definition) is 8. The second kappa shape index (κ2) is 22.1. The average Bonchev–Trinajstić information content (AvgIpc) is 3.66. The Kier molecular flexibility index (Phi) is 16.9. The Balaban J connectivity index is 1.45. The smallest absolute Gasteiger partial charge is 0.243 e. The predicted octanol–water partition coefficient (Wildman–Crippen LogP) is 2.68. The minimum Gasteiger partial charge on any atom is -0.478 e. The minimum atomic E-state index is -1.01. The van der Waals surface area contributed by atoms with Gasteiger partial charge in [0.25, 0.3) is 0 Å². The second-order valence-electron chi connectivity index (χ2n) is 13.5. The minimum absolute atomic E-state index is 0.0362. The van der Waals surface area contributed by atoms with Crippen LogP contribution in [0.5, 0.6) is 5.88 Å². The SMILES string of the molecule is NC(N)=NCCCCCC(=O)N[C@@H](Cc1ccccc1)C(=O)N[C@@H](Cc1cnc[nH]1)C(=O)N[C@@H](CC1CCCCC1)[C@@H](O)CCOc1ccccn1. The van der Waals surface area contributed by atoms with Crippen molar-refractivity contribution >= 4 is 23.7 Å². The van der Waals surface area contributed by atoms with E-state index in [1.54, 1.807) is 24.5 Å². The van der Waals surface area contributed by atoms with E-state index in [-0.39, 0.29) is 44.2 Å². The van der Waals surface area contributed by atoms with Crippen molar-refractivity contribution in [2.24, 2.45) is 22.4 Å². The number of ether oxygens (including phenoxy) is 1. The molecular weight excluding hydrogens is 662 g/mol. The second-order valence-corrected chi connectivity index (χ2v) is 13.5. The normalized spacial score (nSPS) is 15.4. The first kappa shape index (κ1) is 39.8. The molecule has 0 spiro atoms. The molecule has 1 aliphatic carbocycles. The van der Waals surface area contributed by atoms with E-state index in [0.717, 1.165) is 44.1 Å². The molecule has 14 heteroatoms. The van der Waals surface area contributed by atoms with Crippen molar-refractivity contribution in [1.82, 2.24) is 30.9 Å². The number of aromatic amines is 1. The van der Waals surface area contributed by atoms with Crippen molar-refractivity contribution in [3.63, 3.8) is 0 Å². The number of aromatic nitrogens is 3. The molecule has 52 heavy (non-hydrogen) atoms. The molecule has 2 aromatic heterocycles. The summed E-state index contributed by atoms with van der Waals surface area (Å²) in [4.78, 5) is 56.4. The lowest BCUT2D eigenvalue weighted by atomic mass is 9.83. The summed E-state index contributed by atoms with van der Waals surface area (Å²) < 4.78 is 5.75. The molecule has 1 aliphatic rings. The summed E-state index contributed by atoms with van der Waals surface area (Å²) in [5.74, 6) is -0.324. The molecule has 282 valence electrons. The number of nitrogens with zero attached hydrogens (tertiary/aromatic N) is 3. The lowest BCUT2D eigenvalue weighted by Crippen LogP contribution is -2.57. The highest BCUT2D eigenvalue weighted by Gasteiger charge is 2.32. The Hall–Kier alpha value is -4.98. The maximum absolute atomic E-state index is 14.1. The number of nitrogens with two attached hydrogens (primary N) is 2. The molecule has 4 atom stereocenters. The molecule has 3 aromatic rings. The average molecular weight is 718 g/mol. The Morgan fingerprint density at radius 1 is 0.923 bits per heavy atom. The molecule has 0 bridgehead atoms. The summed E-state index contributed by atoms with van der Waals surface area (Å²) in [5.41, 5.74) is 12.3. The summed E-state index contributed by atoms with van der Waals surface area (Å²) in [6.45, 7) is 0.709. The van der Waals surface area contributed by atoms with Gasteiger partial charge in [-0.25, -0.2) is 9.97 Å². The van der Waals surface area contributed by atoms with Crippen molar-refractivity contribution in [1.29, 1.82) is 0 Å². The van der Waals surface area contributed by atoms with Gasteiger partial charge in [0.2, 0.25) is 23.6 Å². The third-order valence-electron chi connectivity index (χ3n) is 9.31. The summed E-state index contributed by atoms with van der Waals surface area (Å²) in [6, 6.07) is 12.3. The van der Waals surface area contributed by atoms with Crippen molar-refractivity contribution in [3.8, 4) is 5.88 Å². The van der Waals surface area contributed by atoms with E-state index < -0.39 is 36.0 Å². The lowest BCUT2D eigenvalue weighted by molar-refractivity contribution is -0.132. The highest BCUT2D eigenvalue weighted by molar-refractivity contribution is 5.92. The zero-order chi connectivity index (χ0) is 37.0. The molecule has 14 nitrogen and oxygen atoms in total. The van der Waals surface area contributed by atoms with Gasteiger partial charge in [-0.05, 0) is 36.8 Å². The molecule has 1 fully saturated rings. The van der Waals surface area contributed by atoms with E-state index in [9.17, 15) is 19.5 Å². The first-order valence-corrected chi connectivity index (χ1v) is 18.5. The number of H-pyrrole nitrogens is 1. The van der Waals surface area contributed by atoms with Crippen LogP contribution >= 0.6 is 0 Å². The van der Waals surface area contributed by atoms with E-state index >= 15 is 0 Å². The van der Waals surface area contributed by atoms with Crippen molar-refractivity contribution in [2.45, 2.75) is 108 Å². The number of carbonyl (C=O) groups is 3. The van der Waals surface area contributed by atoms with Crippen LogP contribution in [0.15, 0.2) is 72.2 Å². The number of guanidine groups is 1. The Labute approximate surface area is 306 Å². The maximum Gasteiger partial charge on any atom is 0.243 e. The lowest BCUT2D eigenvalue weighted by Gasteiger charge is -2.31. The van der Waals surface area contributed by atoms with Crippen LogP contribution < -0.4 is 32.2 Å². The van der Waals surface area contributed by atoms with Gasteiger partial charge in [0.05, 0.1) is 25.1 Å². The van der Waals surface area contributed by atoms with Gasteiger partial charge in [0.1, 0.15) is 12.1 Å². The zero-order valence-corrected chi connectivity index (χ0v) is 29.9. The molecule has 4 rings (SSSR count). The number of amides is 3. The van der Waals surface area contributed by atoms with Crippen LogP contribution in [0.1, 0.15) is 81.9 Å². The van der Waals surface area contributed by atoms with E-state index in [0.29, 0.717) is 36.9 Å². The van der Waals surface area contributed by atoms with Crippen LogP contribution in [0.4, 0.5) is 0 Å². The van der Waals surface area contributed by atoms with Crippen molar-refractivity contribution in [3.05, 3.63) is 78.5 Å². The molecular formula is C38H55N9O5. The maximum atomic E-state index is 14.1. The van der Waals surface area contributed by atoms with Crippen LogP contribution in [0.3, 0.4) is 0 Å². The zero-order valence-electron chi connectivity index (χ0n) is 29.9. The number of pyridine rings is 1. The van der Waals surface area contributed by atoms with Gasteiger partial charge < -0.3 is 42.2 Å². The summed E-state index contributed by atoms with van der Waals surface area (Å²) >= 11 is 0. The number of hydrogen-bond donors (Lipinski definition) is 7. The monoisotopic (exact) mass is 717 g/mol. The van der Waals surface area contributed by atoms with E-state index in [1.165, 1.54) is 12.7 Å². The third-order valence-corrected chi connectivity index (χ3v) is 9.31. The van der Waals surface area contributed by atoms with Gasteiger partial charge in [0, 0.05) is 56.4 Å². The fraction of sp³-hybridized carbons (Fsp3) is 0.526. The summed E-state index contributed by atoms with van der Waals surface area (Å²) in [5, 5.41) is 20.3. The van der Waals surface area contributed by atoms with Gasteiger partial charge in [-0.15, -0.1) is 0 Å². The molecule has 0 radical (unpaired) electrons. The van der Waals surface area contributed by atoms with Gasteiger partial charge in [-0.3, -0.25) is 19.4 Å². The number of imidazole rings is 1. The Bertz CT molecular complexity index is 1500. The predicted molar refractivity (Wildman–Crippen MR) is 199 cm³/mol. The molecule has 0 saturated heterocycles. The topological polar surface area (TPSA) is 223 Å². The Morgan fingerprint density at radius 2 is 1.67 bits per heavy atom. The van der Waals surface area contributed by atoms with Gasteiger partial charge >= 0.3 is 0 Å². The number of aliphatic hydroxyl groups excluding tert-OH is 1. The quantitative estimate of drug-likeness (QED) is 0.0461. The molecule has 1 aromatic carbocycles.